The third kappa shape index (κ3) is 4.54. The van der Waals surface area contributed by atoms with E-state index in [-0.39, 0.29) is 31.3 Å². The van der Waals surface area contributed by atoms with Crippen LogP contribution in [0.25, 0.3) is 0 Å². The Morgan fingerprint density at radius 1 is 1.40 bits per heavy atom. The molecule has 1 aromatic rings. The Kier molecular flexibility index (Phi) is 6.54. The number of aliphatic hydroxyl groups excluding tert-OH is 1. The number of hydrogen-bond acceptors (Lipinski definition) is 5. The van der Waals surface area contributed by atoms with E-state index in [1.54, 1.807) is 6.07 Å². The fourth-order valence-corrected chi connectivity index (χ4v) is 2.70. The van der Waals surface area contributed by atoms with E-state index in [2.05, 4.69) is 4.72 Å². The number of nitrogens with one attached hydrogen (secondary N) is 1. The minimum absolute atomic E-state index is 0.0924. The number of halogens is 1. The zero-order valence-electron chi connectivity index (χ0n) is 10.7. The molecule has 0 saturated heterocycles. The van der Waals surface area contributed by atoms with Crippen LogP contribution in [0.2, 0.25) is 0 Å². The molecule has 0 radical (unpaired) electrons. The summed E-state index contributed by atoms with van der Waals surface area (Å²) in [5, 5.41) is 17.3. The molecule has 0 fully saturated rings. The minimum Gasteiger partial charge on any atom is -0.394 e. The van der Waals surface area contributed by atoms with Crippen LogP contribution in [0.15, 0.2) is 23.1 Å². The molecule has 0 aliphatic carbocycles. The Morgan fingerprint density at radius 3 is 2.80 bits per heavy atom. The SMILES string of the molecule is N#Cc1c(F)cccc1S(=O)(=O)NCCCOCCO. The van der Waals surface area contributed by atoms with E-state index in [0.717, 1.165) is 6.07 Å². The van der Waals surface area contributed by atoms with Crippen LogP contribution in [-0.2, 0) is 14.8 Å². The quantitative estimate of drug-likeness (QED) is 0.676. The molecule has 0 atom stereocenters. The molecule has 0 heterocycles. The highest BCUT2D eigenvalue weighted by Gasteiger charge is 2.20. The molecule has 20 heavy (non-hydrogen) atoms. The molecule has 8 heteroatoms. The Bertz CT molecular complexity index is 584. The summed E-state index contributed by atoms with van der Waals surface area (Å²) in [6, 6.07) is 4.97. The van der Waals surface area contributed by atoms with Crippen LogP contribution in [0.5, 0.6) is 0 Å². The predicted octanol–water partition coefficient (Wildman–Crippen LogP) is 0.375. The number of nitrogens with zero attached hydrogens (tertiary/aromatic N) is 1. The fraction of sp³-hybridized carbons (Fsp3) is 0.417. The minimum atomic E-state index is -3.94. The molecule has 1 aromatic carbocycles. The first kappa shape index (κ1) is 16.5. The van der Waals surface area contributed by atoms with E-state index in [1.807, 2.05) is 0 Å². The third-order valence-corrected chi connectivity index (χ3v) is 3.87. The summed E-state index contributed by atoms with van der Waals surface area (Å²) in [4.78, 5) is -0.378. The lowest BCUT2D eigenvalue weighted by atomic mass is 10.2. The number of nitriles is 1. The number of ether oxygens (including phenoxy) is 1. The lowest BCUT2D eigenvalue weighted by Gasteiger charge is -2.08. The Hall–Kier alpha value is -1.53. The van der Waals surface area contributed by atoms with Crippen LogP contribution in [0.4, 0.5) is 4.39 Å². The number of aliphatic hydroxyl groups is 1. The van der Waals surface area contributed by atoms with Crippen LogP contribution < -0.4 is 4.72 Å². The molecular formula is C12H15FN2O4S. The average molecular weight is 302 g/mol. The second-order valence-electron chi connectivity index (χ2n) is 3.81. The first-order valence-corrected chi connectivity index (χ1v) is 7.38. The first-order chi connectivity index (χ1) is 9.53. The average Bonchev–Trinajstić information content (AvgIpc) is 2.42. The van der Waals surface area contributed by atoms with Gasteiger partial charge in [0.15, 0.2) is 0 Å². The van der Waals surface area contributed by atoms with Gasteiger partial charge in [0.05, 0.1) is 13.2 Å². The van der Waals surface area contributed by atoms with Crippen molar-refractivity contribution in [3.63, 3.8) is 0 Å². The van der Waals surface area contributed by atoms with Gasteiger partial charge in [-0.3, -0.25) is 0 Å². The van der Waals surface area contributed by atoms with Crippen molar-refractivity contribution in [1.29, 1.82) is 5.26 Å². The molecule has 0 aliphatic rings. The van der Waals surface area contributed by atoms with Gasteiger partial charge in [-0.05, 0) is 18.6 Å². The van der Waals surface area contributed by atoms with Gasteiger partial charge in [0, 0.05) is 13.2 Å². The highest BCUT2D eigenvalue weighted by molar-refractivity contribution is 7.89. The van der Waals surface area contributed by atoms with Crippen LogP contribution in [0, 0.1) is 17.1 Å². The third-order valence-electron chi connectivity index (χ3n) is 2.37. The summed E-state index contributed by atoms with van der Waals surface area (Å²) >= 11 is 0. The van der Waals surface area contributed by atoms with Crippen molar-refractivity contribution in [3.05, 3.63) is 29.6 Å². The number of hydrogen-bond donors (Lipinski definition) is 2. The van der Waals surface area contributed by atoms with Crippen LogP contribution >= 0.6 is 0 Å². The van der Waals surface area contributed by atoms with Gasteiger partial charge >= 0.3 is 0 Å². The standard InChI is InChI=1S/C12H15FN2O4S/c13-11-3-1-4-12(10(11)9-14)20(17,18)15-5-2-7-19-8-6-16/h1,3-4,15-16H,2,5-8H2. The van der Waals surface area contributed by atoms with Gasteiger partial charge in [-0.15, -0.1) is 0 Å². The second kappa shape index (κ2) is 7.91. The van der Waals surface area contributed by atoms with Crippen molar-refractivity contribution >= 4 is 10.0 Å². The zero-order valence-corrected chi connectivity index (χ0v) is 11.5. The van der Waals surface area contributed by atoms with Crippen LogP contribution in [-0.4, -0.2) is 39.9 Å². The maximum atomic E-state index is 13.4. The second-order valence-corrected chi connectivity index (χ2v) is 5.55. The van der Waals surface area contributed by atoms with E-state index in [4.69, 9.17) is 15.1 Å². The van der Waals surface area contributed by atoms with Gasteiger partial charge in [-0.25, -0.2) is 17.5 Å². The van der Waals surface area contributed by atoms with Crippen molar-refractivity contribution in [3.8, 4) is 6.07 Å². The van der Waals surface area contributed by atoms with Gasteiger partial charge in [0.2, 0.25) is 10.0 Å². The van der Waals surface area contributed by atoms with Gasteiger partial charge in [-0.1, -0.05) is 6.07 Å². The van der Waals surface area contributed by atoms with Crippen molar-refractivity contribution in [2.45, 2.75) is 11.3 Å². The number of rotatable bonds is 8. The molecule has 6 nitrogen and oxygen atoms in total. The fourth-order valence-electron chi connectivity index (χ4n) is 1.46. The van der Waals surface area contributed by atoms with Crippen LogP contribution in [0.1, 0.15) is 12.0 Å². The summed E-state index contributed by atoms with van der Waals surface area (Å²) < 4.78 is 44.5. The lowest BCUT2D eigenvalue weighted by molar-refractivity contribution is 0.0913. The van der Waals surface area contributed by atoms with E-state index < -0.39 is 21.4 Å². The van der Waals surface area contributed by atoms with E-state index in [0.29, 0.717) is 6.42 Å². The first-order valence-electron chi connectivity index (χ1n) is 5.90. The van der Waals surface area contributed by atoms with Crippen molar-refractivity contribution < 1.29 is 22.7 Å². The monoisotopic (exact) mass is 302 g/mol. The molecule has 0 saturated carbocycles. The summed E-state index contributed by atoms with van der Waals surface area (Å²) in [7, 11) is -3.94. The molecule has 110 valence electrons. The van der Waals surface area contributed by atoms with E-state index in [1.165, 1.54) is 12.1 Å². The maximum absolute atomic E-state index is 13.4. The Balaban J connectivity index is 2.66. The highest BCUT2D eigenvalue weighted by Crippen LogP contribution is 2.17. The molecule has 0 aliphatic heterocycles. The number of benzene rings is 1. The lowest BCUT2D eigenvalue weighted by Crippen LogP contribution is -2.26. The molecule has 1 rings (SSSR count). The van der Waals surface area contributed by atoms with E-state index >= 15 is 0 Å². The summed E-state index contributed by atoms with van der Waals surface area (Å²) in [6.07, 6.45) is 0.399. The van der Waals surface area contributed by atoms with Gasteiger partial charge in [-0.2, -0.15) is 5.26 Å². The van der Waals surface area contributed by atoms with Gasteiger partial charge in [0.25, 0.3) is 0 Å². The van der Waals surface area contributed by atoms with Crippen molar-refractivity contribution in [1.82, 2.24) is 4.72 Å². The topological polar surface area (TPSA) is 99.4 Å². The van der Waals surface area contributed by atoms with Gasteiger partial charge in [0.1, 0.15) is 22.3 Å². The summed E-state index contributed by atoms with van der Waals surface area (Å²) in [5.74, 6) is -0.873. The molecular weight excluding hydrogens is 287 g/mol. The largest absolute Gasteiger partial charge is 0.394 e. The number of sulfonamides is 1. The molecule has 0 amide bonds. The smallest absolute Gasteiger partial charge is 0.241 e. The molecule has 0 spiro atoms. The summed E-state index contributed by atoms with van der Waals surface area (Å²) in [6.45, 7) is 0.474. The van der Waals surface area contributed by atoms with Gasteiger partial charge < -0.3 is 9.84 Å². The Labute approximate surface area is 116 Å². The van der Waals surface area contributed by atoms with Crippen molar-refractivity contribution in [2.75, 3.05) is 26.4 Å². The summed E-state index contributed by atoms with van der Waals surface area (Å²) in [5.41, 5.74) is -0.503. The molecule has 2 N–H and O–H groups in total. The normalized spacial score (nSPS) is 11.2. The maximum Gasteiger partial charge on any atom is 0.241 e. The predicted molar refractivity (Wildman–Crippen MR) is 68.8 cm³/mol. The van der Waals surface area contributed by atoms with Crippen LogP contribution in [0.3, 0.4) is 0 Å². The Morgan fingerprint density at radius 2 is 2.15 bits per heavy atom. The molecule has 0 unspecified atom stereocenters. The highest BCUT2D eigenvalue weighted by atomic mass is 32.2. The molecule has 0 bridgehead atoms. The van der Waals surface area contributed by atoms with E-state index in [9.17, 15) is 12.8 Å². The van der Waals surface area contributed by atoms with Crippen molar-refractivity contribution in [2.24, 2.45) is 0 Å². The zero-order chi connectivity index (χ0) is 15.0. The molecule has 0 aromatic heterocycles.